The minimum atomic E-state index is -0.522. The molecule has 2 aromatic heterocycles. The Morgan fingerprint density at radius 1 is 1.07 bits per heavy atom. The number of hydrogen-bond donors (Lipinski definition) is 1. The van der Waals surface area contributed by atoms with Gasteiger partial charge in [-0.1, -0.05) is 35.9 Å². The maximum Gasteiger partial charge on any atom is 0.265 e. The van der Waals surface area contributed by atoms with Crippen molar-refractivity contribution in [3.8, 4) is 0 Å². The highest BCUT2D eigenvalue weighted by molar-refractivity contribution is 6.06. The molecule has 0 saturated heterocycles. The second kappa shape index (κ2) is 7.91. The molecule has 0 aliphatic heterocycles. The number of carbonyl (C=O) groups excluding carboxylic acids is 1. The molecule has 0 aliphatic rings. The Morgan fingerprint density at radius 3 is 2.63 bits per heavy atom. The fourth-order valence-corrected chi connectivity index (χ4v) is 3.46. The predicted octanol–water partition coefficient (Wildman–Crippen LogP) is 4.45. The molecule has 5 nitrogen and oxygen atoms in total. The molecule has 0 saturated carbocycles. The topological polar surface area (TPSA) is 64.0 Å². The largest absolute Gasteiger partial charge is 0.322 e. The minimum Gasteiger partial charge on any atom is -0.322 e. The summed E-state index contributed by atoms with van der Waals surface area (Å²) in [6.45, 7) is 3.84. The molecule has 0 fully saturated rings. The Balaban J connectivity index is 1.81. The van der Waals surface area contributed by atoms with Crippen molar-refractivity contribution in [1.29, 1.82) is 0 Å². The van der Waals surface area contributed by atoms with Gasteiger partial charge in [-0.25, -0.2) is 9.37 Å². The van der Waals surface area contributed by atoms with Gasteiger partial charge in [-0.05, 0) is 49.7 Å². The molecule has 0 radical (unpaired) electrons. The molecule has 4 aromatic rings. The van der Waals surface area contributed by atoms with E-state index in [1.807, 2.05) is 32.0 Å². The van der Waals surface area contributed by atoms with Crippen molar-refractivity contribution in [3.63, 3.8) is 0 Å². The number of hydrogen-bond acceptors (Lipinski definition) is 3. The summed E-state index contributed by atoms with van der Waals surface area (Å²) < 4.78 is 15.6. The molecule has 4 rings (SSSR count). The van der Waals surface area contributed by atoms with Crippen LogP contribution in [0.2, 0.25) is 0 Å². The lowest BCUT2D eigenvalue weighted by Crippen LogP contribution is -2.30. The fraction of sp³-hybridized carbons (Fsp3) is 0.125. The number of carbonyl (C=O) groups is 1. The molecular formula is C24H20FN3O2. The highest BCUT2D eigenvalue weighted by Crippen LogP contribution is 2.18. The van der Waals surface area contributed by atoms with Gasteiger partial charge < -0.3 is 5.32 Å². The summed E-state index contributed by atoms with van der Waals surface area (Å²) in [5.74, 6) is -0.932. The smallest absolute Gasteiger partial charge is 0.265 e. The molecule has 6 heteroatoms. The van der Waals surface area contributed by atoms with Gasteiger partial charge in [0.05, 0.1) is 6.54 Å². The van der Waals surface area contributed by atoms with Crippen molar-refractivity contribution in [2.75, 3.05) is 5.32 Å². The van der Waals surface area contributed by atoms with Gasteiger partial charge in [0.15, 0.2) is 0 Å². The monoisotopic (exact) mass is 401 g/mol. The number of benzene rings is 2. The summed E-state index contributed by atoms with van der Waals surface area (Å²) >= 11 is 0. The lowest BCUT2D eigenvalue weighted by atomic mass is 10.1. The Morgan fingerprint density at radius 2 is 1.87 bits per heavy atom. The second-order valence-corrected chi connectivity index (χ2v) is 7.23. The number of rotatable bonds is 4. The summed E-state index contributed by atoms with van der Waals surface area (Å²) in [6.07, 6.45) is 1.56. The average molecular weight is 401 g/mol. The van der Waals surface area contributed by atoms with Crippen LogP contribution in [0.15, 0.2) is 71.7 Å². The third-order valence-electron chi connectivity index (χ3n) is 5.01. The number of aromatic nitrogens is 2. The first-order chi connectivity index (χ1) is 14.4. The molecule has 30 heavy (non-hydrogen) atoms. The van der Waals surface area contributed by atoms with Crippen LogP contribution in [0.25, 0.3) is 11.0 Å². The molecule has 0 bridgehead atoms. The Kier molecular flexibility index (Phi) is 5.14. The Hall–Kier alpha value is -3.80. The summed E-state index contributed by atoms with van der Waals surface area (Å²) in [7, 11) is 0. The van der Waals surface area contributed by atoms with Gasteiger partial charge in [-0.3, -0.25) is 14.2 Å². The maximum atomic E-state index is 14.2. The van der Waals surface area contributed by atoms with Crippen LogP contribution in [0.5, 0.6) is 0 Å². The van der Waals surface area contributed by atoms with Crippen LogP contribution in [0.1, 0.15) is 27.0 Å². The minimum absolute atomic E-state index is 0.0215. The Bertz CT molecular complexity index is 1330. The first kappa shape index (κ1) is 19.5. The van der Waals surface area contributed by atoms with E-state index in [1.54, 1.807) is 36.5 Å². The standard InChI is InChI=1S/C24H20FN3O2/c1-15-9-10-21(16(2)12-15)27-23(29)19-13-17-7-5-11-26-22(17)28(24(19)30)14-18-6-3-4-8-20(18)25/h3-13H,14H2,1-2H3,(H,27,29). The van der Waals surface area contributed by atoms with Gasteiger partial charge >= 0.3 is 0 Å². The van der Waals surface area contributed by atoms with Gasteiger partial charge in [0, 0.05) is 22.8 Å². The first-order valence-corrected chi connectivity index (χ1v) is 9.54. The molecule has 0 atom stereocenters. The third kappa shape index (κ3) is 3.72. The fourth-order valence-electron chi connectivity index (χ4n) is 3.46. The molecule has 2 heterocycles. The molecule has 1 N–H and O–H groups in total. The van der Waals surface area contributed by atoms with Crippen LogP contribution >= 0.6 is 0 Å². The zero-order valence-corrected chi connectivity index (χ0v) is 16.6. The van der Waals surface area contributed by atoms with E-state index in [4.69, 9.17) is 0 Å². The van der Waals surface area contributed by atoms with Crippen molar-refractivity contribution in [2.45, 2.75) is 20.4 Å². The third-order valence-corrected chi connectivity index (χ3v) is 5.01. The molecule has 2 aromatic carbocycles. The van der Waals surface area contributed by atoms with Crippen LogP contribution in [-0.4, -0.2) is 15.5 Å². The SMILES string of the molecule is Cc1ccc(NC(=O)c2cc3cccnc3n(Cc3ccccc3F)c2=O)c(C)c1. The number of halogens is 1. The van der Waals surface area contributed by atoms with Crippen LogP contribution < -0.4 is 10.9 Å². The highest BCUT2D eigenvalue weighted by atomic mass is 19.1. The molecule has 150 valence electrons. The van der Waals surface area contributed by atoms with E-state index in [0.717, 1.165) is 11.1 Å². The van der Waals surface area contributed by atoms with E-state index in [1.165, 1.54) is 16.7 Å². The number of aryl methyl sites for hydroxylation is 2. The predicted molar refractivity (Wildman–Crippen MR) is 115 cm³/mol. The maximum absolute atomic E-state index is 14.2. The van der Waals surface area contributed by atoms with Crippen molar-refractivity contribution in [3.05, 3.63) is 105 Å². The molecule has 0 spiro atoms. The van der Waals surface area contributed by atoms with Crippen LogP contribution in [0.3, 0.4) is 0 Å². The van der Waals surface area contributed by atoms with E-state index in [-0.39, 0.29) is 12.1 Å². The summed E-state index contributed by atoms with van der Waals surface area (Å²) in [5.41, 5.74) is 2.81. The van der Waals surface area contributed by atoms with Crippen molar-refractivity contribution >= 4 is 22.6 Å². The highest BCUT2D eigenvalue weighted by Gasteiger charge is 2.18. The van der Waals surface area contributed by atoms with E-state index < -0.39 is 17.3 Å². The summed E-state index contributed by atoms with van der Waals surface area (Å²) in [4.78, 5) is 30.5. The lowest BCUT2D eigenvalue weighted by molar-refractivity contribution is 0.102. The van der Waals surface area contributed by atoms with Gasteiger partial charge in [-0.2, -0.15) is 0 Å². The Labute approximate surface area is 172 Å². The van der Waals surface area contributed by atoms with E-state index in [0.29, 0.717) is 22.3 Å². The van der Waals surface area contributed by atoms with Crippen LogP contribution in [-0.2, 0) is 6.54 Å². The lowest BCUT2D eigenvalue weighted by Gasteiger charge is -2.14. The van der Waals surface area contributed by atoms with E-state index >= 15 is 0 Å². The van der Waals surface area contributed by atoms with Crippen LogP contribution in [0, 0.1) is 19.7 Å². The zero-order valence-electron chi connectivity index (χ0n) is 16.6. The second-order valence-electron chi connectivity index (χ2n) is 7.23. The van der Waals surface area contributed by atoms with Crippen molar-refractivity contribution in [2.24, 2.45) is 0 Å². The number of nitrogens with zero attached hydrogens (tertiary/aromatic N) is 2. The molecule has 0 aliphatic carbocycles. The first-order valence-electron chi connectivity index (χ1n) is 9.54. The van der Waals surface area contributed by atoms with E-state index in [9.17, 15) is 14.0 Å². The molecule has 0 unspecified atom stereocenters. The normalized spacial score (nSPS) is 10.9. The van der Waals surface area contributed by atoms with Crippen molar-refractivity contribution < 1.29 is 9.18 Å². The zero-order chi connectivity index (χ0) is 21.3. The van der Waals surface area contributed by atoms with Gasteiger partial charge in [0.1, 0.15) is 17.0 Å². The number of amides is 1. The van der Waals surface area contributed by atoms with E-state index in [2.05, 4.69) is 10.3 Å². The number of anilines is 1. The van der Waals surface area contributed by atoms with Gasteiger partial charge in [-0.15, -0.1) is 0 Å². The molecule has 1 amide bonds. The number of fused-ring (bicyclic) bond motifs is 1. The van der Waals surface area contributed by atoms with Crippen molar-refractivity contribution in [1.82, 2.24) is 9.55 Å². The number of nitrogens with one attached hydrogen (secondary N) is 1. The quantitative estimate of drug-likeness (QED) is 0.549. The van der Waals surface area contributed by atoms with Crippen LogP contribution in [0.4, 0.5) is 10.1 Å². The summed E-state index contributed by atoms with van der Waals surface area (Å²) in [6, 6.07) is 16.9. The molecular weight excluding hydrogens is 381 g/mol. The van der Waals surface area contributed by atoms with Gasteiger partial charge in [0.25, 0.3) is 11.5 Å². The summed E-state index contributed by atoms with van der Waals surface area (Å²) in [5, 5.41) is 3.44. The average Bonchev–Trinajstić information content (AvgIpc) is 2.73. The van der Waals surface area contributed by atoms with Gasteiger partial charge in [0.2, 0.25) is 0 Å². The number of pyridine rings is 2.